The lowest BCUT2D eigenvalue weighted by Crippen LogP contribution is -2.60. The quantitative estimate of drug-likeness (QED) is 0.0166. The van der Waals surface area contributed by atoms with E-state index in [1.807, 2.05) is 0 Å². The third-order valence-electron chi connectivity index (χ3n) is 13.6. The van der Waals surface area contributed by atoms with Crippen molar-refractivity contribution in [3.63, 3.8) is 0 Å². The van der Waals surface area contributed by atoms with Crippen molar-refractivity contribution >= 4 is 5.91 Å². The average molecular weight is 978 g/mol. The number of carbonyl (C=O) groups is 1. The third-order valence-corrected chi connectivity index (χ3v) is 13.6. The second kappa shape index (κ2) is 47.1. The van der Waals surface area contributed by atoms with E-state index in [1.165, 1.54) is 141 Å². The van der Waals surface area contributed by atoms with E-state index < -0.39 is 74.2 Å². The lowest BCUT2D eigenvalue weighted by Gasteiger charge is -2.40. The fraction of sp³-hybridized carbons (Fsp3) is 0.845. The molecule has 9 atom stereocenters. The molecule has 1 amide bonds. The van der Waals surface area contributed by atoms with Gasteiger partial charge in [0.05, 0.1) is 25.4 Å². The van der Waals surface area contributed by atoms with Crippen LogP contribution in [0.1, 0.15) is 245 Å². The predicted molar refractivity (Wildman–Crippen MR) is 284 cm³/mol. The summed E-state index contributed by atoms with van der Waals surface area (Å²) in [5.41, 5.74) is 0. The molecule has 1 aliphatic rings. The molecule has 1 heterocycles. The van der Waals surface area contributed by atoms with Crippen molar-refractivity contribution in [2.45, 2.75) is 300 Å². The third kappa shape index (κ3) is 35.8. The first-order valence-electron chi connectivity index (χ1n) is 28.6. The van der Waals surface area contributed by atoms with Gasteiger partial charge < -0.3 is 50.5 Å². The largest absolute Gasteiger partial charge is 0.394 e. The van der Waals surface area contributed by atoms with Gasteiger partial charge in [0, 0.05) is 0 Å². The average Bonchev–Trinajstić information content (AvgIpc) is 3.35. The molecule has 1 rings (SSSR count). The van der Waals surface area contributed by atoms with Gasteiger partial charge in [-0.2, -0.15) is 0 Å². The molecule has 1 fully saturated rings. The Kier molecular flexibility index (Phi) is 44.4. The summed E-state index contributed by atoms with van der Waals surface area (Å²) < 4.78 is 11.1. The summed E-state index contributed by atoms with van der Waals surface area (Å²) in [6, 6.07) is -1.20. The number of amides is 1. The molecule has 0 aromatic heterocycles. The number of hydrogen-bond donors (Lipinski definition) is 8. The molecular weight excluding hydrogens is 871 g/mol. The van der Waals surface area contributed by atoms with Gasteiger partial charge in [-0.3, -0.25) is 4.79 Å². The highest BCUT2D eigenvalue weighted by atomic mass is 16.7. The van der Waals surface area contributed by atoms with E-state index in [-0.39, 0.29) is 12.8 Å². The van der Waals surface area contributed by atoms with Gasteiger partial charge in [0.1, 0.15) is 36.6 Å². The lowest BCUT2D eigenvalue weighted by atomic mass is 9.98. The van der Waals surface area contributed by atoms with E-state index in [9.17, 15) is 40.5 Å². The Labute approximate surface area is 421 Å². The number of rotatable bonds is 48. The normalized spacial score (nSPS) is 20.7. The number of carbonyl (C=O) groups excluding carboxylic acids is 1. The van der Waals surface area contributed by atoms with Crippen LogP contribution in [0.4, 0.5) is 0 Å². The maximum atomic E-state index is 13.1. The summed E-state index contributed by atoms with van der Waals surface area (Å²) in [5.74, 6) is -0.723. The Morgan fingerprint density at radius 2 is 0.913 bits per heavy atom. The van der Waals surface area contributed by atoms with Crippen LogP contribution in [0.2, 0.25) is 0 Å². The van der Waals surface area contributed by atoms with Crippen molar-refractivity contribution in [3.8, 4) is 0 Å². The van der Waals surface area contributed by atoms with Crippen LogP contribution in [0.25, 0.3) is 0 Å². The molecule has 0 radical (unpaired) electrons. The highest BCUT2D eigenvalue weighted by Gasteiger charge is 2.44. The molecule has 9 unspecified atom stereocenters. The van der Waals surface area contributed by atoms with E-state index in [0.29, 0.717) is 19.3 Å². The number of aliphatic hydroxyl groups excluding tert-OH is 7. The van der Waals surface area contributed by atoms with Crippen molar-refractivity contribution in [3.05, 3.63) is 48.6 Å². The zero-order valence-electron chi connectivity index (χ0n) is 44.0. The van der Waals surface area contributed by atoms with Crippen LogP contribution in [0.15, 0.2) is 48.6 Å². The van der Waals surface area contributed by atoms with Gasteiger partial charge >= 0.3 is 0 Å². The summed E-state index contributed by atoms with van der Waals surface area (Å²) in [6.07, 6.45) is 47.5. The van der Waals surface area contributed by atoms with Gasteiger partial charge in [0.25, 0.3) is 0 Å². The minimum absolute atomic E-state index is 0.231. The summed E-state index contributed by atoms with van der Waals surface area (Å²) in [4.78, 5) is 13.1. The highest BCUT2D eigenvalue weighted by molar-refractivity contribution is 5.80. The summed E-state index contributed by atoms with van der Waals surface area (Å²) in [6.45, 7) is 3.40. The Bertz CT molecular complexity index is 1260. The second-order valence-electron chi connectivity index (χ2n) is 20.0. The fourth-order valence-corrected chi connectivity index (χ4v) is 8.92. The zero-order chi connectivity index (χ0) is 50.4. The Balaban J connectivity index is 2.32. The Hall–Kier alpha value is -1.93. The number of hydrogen-bond acceptors (Lipinski definition) is 10. The van der Waals surface area contributed by atoms with Gasteiger partial charge in [-0.1, -0.05) is 217 Å². The topological polar surface area (TPSA) is 189 Å². The molecule has 8 N–H and O–H groups in total. The van der Waals surface area contributed by atoms with Crippen LogP contribution in [-0.4, -0.2) is 110 Å². The Morgan fingerprint density at radius 1 is 0.507 bits per heavy atom. The van der Waals surface area contributed by atoms with Crippen molar-refractivity contribution in [2.75, 3.05) is 13.2 Å². The first-order valence-corrected chi connectivity index (χ1v) is 28.6. The zero-order valence-corrected chi connectivity index (χ0v) is 44.0. The summed E-state index contributed by atoms with van der Waals surface area (Å²) >= 11 is 0. The monoisotopic (exact) mass is 978 g/mol. The highest BCUT2D eigenvalue weighted by Crippen LogP contribution is 2.23. The first-order chi connectivity index (χ1) is 33.7. The minimum atomic E-state index is -1.68. The molecule has 0 spiro atoms. The number of nitrogens with one attached hydrogen (secondary N) is 1. The van der Waals surface area contributed by atoms with Crippen molar-refractivity contribution in [2.24, 2.45) is 0 Å². The SMILES string of the molecule is CCCCC/C=C\C=C/CCCCCCCC(O)C(=O)NC(COC1OC(CO)C(O)C(O)C1O)C(O)C(O)CCC/C=C/CC/C=C/CCCCCCCCCCCCCCCCCCCCC. The number of ether oxygens (including phenoxy) is 2. The first kappa shape index (κ1) is 65.1. The molecule has 0 saturated carbocycles. The van der Waals surface area contributed by atoms with Crippen LogP contribution in [0.5, 0.6) is 0 Å². The van der Waals surface area contributed by atoms with Crippen LogP contribution < -0.4 is 5.32 Å². The molecule has 69 heavy (non-hydrogen) atoms. The molecule has 0 aromatic carbocycles. The molecule has 1 aliphatic heterocycles. The van der Waals surface area contributed by atoms with Crippen LogP contribution in [0.3, 0.4) is 0 Å². The van der Waals surface area contributed by atoms with E-state index in [0.717, 1.165) is 57.8 Å². The molecule has 0 bridgehead atoms. The smallest absolute Gasteiger partial charge is 0.249 e. The van der Waals surface area contributed by atoms with Crippen molar-refractivity contribution in [1.29, 1.82) is 0 Å². The lowest BCUT2D eigenvalue weighted by molar-refractivity contribution is -0.303. The van der Waals surface area contributed by atoms with Crippen LogP contribution in [-0.2, 0) is 14.3 Å². The molecule has 404 valence electrons. The number of unbranched alkanes of at least 4 members (excludes halogenated alkanes) is 29. The van der Waals surface area contributed by atoms with Crippen LogP contribution >= 0.6 is 0 Å². The maximum absolute atomic E-state index is 13.1. The van der Waals surface area contributed by atoms with Gasteiger partial charge in [0.2, 0.25) is 5.91 Å². The van der Waals surface area contributed by atoms with E-state index in [2.05, 4.69) is 67.8 Å². The van der Waals surface area contributed by atoms with Gasteiger partial charge in [-0.25, -0.2) is 0 Å². The predicted octanol–water partition coefficient (Wildman–Crippen LogP) is 11.7. The number of aliphatic hydroxyl groups is 7. The Morgan fingerprint density at radius 3 is 1.41 bits per heavy atom. The van der Waals surface area contributed by atoms with Crippen molar-refractivity contribution < 1.29 is 50.0 Å². The molecule has 1 saturated heterocycles. The number of allylic oxidation sites excluding steroid dienone is 8. The van der Waals surface area contributed by atoms with E-state index in [4.69, 9.17) is 9.47 Å². The molecule has 11 heteroatoms. The van der Waals surface area contributed by atoms with E-state index >= 15 is 0 Å². The van der Waals surface area contributed by atoms with Gasteiger partial charge in [-0.15, -0.1) is 0 Å². The maximum Gasteiger partial charge on any atom is 0.249 e. The molecule has 0 aliphatic carbocycles. The van der Waals surface area contributed by atoms with E-state index in [1.54, 1.807) is 0 Å². The molecule has 11 nitrogen and oxygen atoms in total. The van der Waals surface area contributed by atoms with Crippen LogP contribution in [0, 0.1) is 0 Å². The summed E-state index contributed by atoms with van der Waals surface area (Å²) in [7, 11) is 0. The summed E-state index contributed by atoms with van der Waals surface area (Å²) in [5, 5.41) is 75.9. The molecule has 0 aromatic rings. The fourth-order valence-electron chi connectivity index (χ4n) is 8.92. The second-order valence-corrected chi connectivity index (χ2v) is 20.0. The van der Waals surface area contributed by atoms with Gasteiger partial charge in [0.15, 0.2) is 6.29 Å². The van der Waals surface area contributed by atoms with Gasteiger partial charge in [-0.05, 0) is 77.0 Å². The van der Waals surface area contributed by atoms with Crippen molar-refractivity contribution in [1.82, 2.24) is 5.32 Å². The minimum Gasteiger partial charge on any atom is -0.394 e. The molecular formula is C58H107NO10. The standard InChI is InChI=1S/C58H107NO10/c1-3-5-7-9-11-13-15-17-19-20-21-22-23-24-25-26-27-28-29-30-31-32-34-35-37-39-41-43-45-50(61)53(63)49(48-68-58-56(66)55(65)54(64)52(47-60)69-58)59-57(67)51(62)46-44-42-40-38-36-33-18-16-14-12-10-8-6-4-2/h12,14,16,18,31-32,37,39,49-56,58,60-66H,3-11,13,15,17,19-30,33-36,38,40-48H2,1-2H3,(H,59,67)/b14-12-,18-16-,32-31+,39-37+.